The molecule has 0 aliphatic heterocycles. The van der Waals surface area contributed by atoms with Crippen LogP contribution in [0.3, 0.4) is 0 Å². The molecule has 0 saturated heterocycles. The Bertz CT molecular complexity index is 911. The van der Waals surface area contributed by atoms with Gasteiger partial charge in [-0.2, -0.15) is 5.10 Å². The lowest BCUT2D eigenvalue weighted by atomic mass is 10.2. The largest absolute Gasteiger partial charge is 0.507 e. The zero-order valence-electron chi connectivity index (χ0n) is 15.2. The third-order valence-corrected chi connectivity index (χ3v) is 3.76. The predicted octanol–water partition coefficient (Wildman–Crippen LogP) is 3.19. The minimum atomic E-state index is -0.602. The highest BCUT2D eigenvalue weighted by atomic mass is 16.6. The Hall–Kier alpha value is -3.75. The molecule has 146 valence electrons. The van der Waals surface area contributed by atoms with E-state index in [4.69, 9.17) is 0 Å². The third kappa shape index (κ3) is 5.90. The van der Waals surface area contributed by atoms with Gasteiger partial charge in [0.2, 0.25) is 5.91 Å². The van der Waals surface area contributed by atoms with Crippen LogP contribution in [0.25, 0.3) is 0 Å². The summed E-state index contributed by atoms with van der Waals surface area (Å²) in [5.41, 5.74) is 2.92. The van der Waals surface area contributed by atoms with Gasteiger partial charge in [0.25, 0.3) is 11.6 Å². The Balaban J connectivity index is 2.02. The fraction of sp³-hybridized carbons (Fsp3) is 0.211. The van der Waals surface area contributed by atoms with E-state index < -0.39 is 10.8 Å². The maximum atomic E-state index is 12.2. The standard InChI is InChI=1S/C19H20N4O5/c1-2-3-7-18(25)21-15-6-4-5-13(10-15)19(26)22-20-12-14-11-16(23(27)28)8-9-17(14)24/h4-6,8-12,24H,2-3,7H2,1H3,(H,21,25)(H,22,26)/b20-12+. The van der Waals surface area contributed by atoms with Crippen molar-refractivity contribution < 1.29 is 19.6 Å². The summed E-state index contributed by atoms with van der Waals surface area (Å²) >= 11 is 0. The number of carbonyl (C=O) groups excluding carboxylic acids is 2. The molecule has 2 aromatic carbocycles. The minimum Gasteiger partial charge on any atom is -0.507 e. The van der Waals surface area contributed by atoms with E-state index in [9.17, 15) is 24.8 Å². The molecule has 0 unspecified atom stereocenters. The number of nitro benzene ring substituents is 1. The van der Waals surface area contributed by atoms with Crippen LogP contribution in [0.15, 0.2) is 47.6 Å². The number of rotatable bonds is 8. The molecule has 9 nitrogen and oxygen atoms in total. The number of non-ortho nitro benzene ring substituents is 1. The quantitative estimate of drug-likeness (QED) is 0.365. The summed E-state index contributed by atoms with van der Waals surface area (Å²) in [4.78, 5) is 34.2. The minimum absolute atomic E-state index is 0.0893. The fourth-order valence-corrected chi connectivity index (χ4v) is 2.28. The van der Waals surface area contributed by atoms with Gasteiger partial charge in [-0.1, -0.05) is 19.4 Å². The number of nitrogens with one attached hydrogen (secondary N) is 2. The number of unbranched alkanes of at least 4 members (excludes halogenated alkanes) is 1. The molecular formula is C19H20N4O5. The monoisotopic (exact) mass is 384 g/mol. The highest BCUT2D eigenvalue weighted by Crippen LogP contribution is 2.21. The van der Waals surface area contributed by atoms with Gasteiger partial charge in [-0.05, 0) is 30.7 Å². The molecule has 0 saturated carbocycles. The fourth-order valence-electron chi connectivity index (χ4n) is 2.28. The van der Waals surface area contributed by atoms with Crippen molar-refractivity contribution in [2.75, 3.05) is 5.32 Å². The number of anilines is 1. The van der Waals surface area contributed by atoms with Gasteiger partial charge in [0, 0.05) is 35.4 Å². The van der Waals surface area contributed by atoms with Crippen molar-refractivity contribution in [3.63, 3.8) is 0 Å². The second kappa shape index (κ2) is 9.81. The Labute approximate surface area is 161 Å². The summed E-state index contributed by atoms with van der Waals surface area (Å²) < 4.78 is 0. The van der Waals surface area contributed by atoms with Gasteiger partial charge in [-0.3, -0.25) is 19.7 Å². The molecule has 0 fully saturated rings. The number of carbonyl (C=O) groups is 2. The molecule has 0 bridgehead atoms. The van der Waals surface area contributed by atoms with Gasteiger partial charge in [0.15, 0.2) is 0 Å². The molecule has 0 heterocycles. The lowest BCUT2D eigenvalue weighted by molar-refractivity contribution is -0.384. The van der Waals surface area contributed by atoms with E-state index in [1.165, 1.54) is 12.1 Å². The van der Waals surface area contributed by atoms with Crippen LogP contribution in [0.1, 0.15) is 42.1 Å². The first kappa shape index (κ1) is 20.6. The van der Waals surface area contributed by atoms with E-state index in [1.807, 2.05) is 6.92 Å². The Morgan fingerprint density at radius 2 is 2.04 bits per heavy atom. The number of hydrogen-bond donors (Lipinski definition) is 3. The van der Waals surface area contributed by atoms with Gasteiger partial charge in [-0.25, -0.2) is 5.43 Å². The molecule has 2 amide bonds. The smallest absolute Gasteiger partial charge is 0.271 e. The zero-order chi connectivity index (χ0) is 20.5. The first-order valence-electron chi connectivity index (χ1n) is 8.61. The van der Waals surface area contributed by atoms with Crippen LogP contribution < -0.4 is 10.7 Å². The van der Waals surface area contributed by atoms with Gasteiger partial charge in [0.05, 0.1) is 11.1 Å². The molecular weight excluding hydrogens is 364 g/mol. The van der Waals surface area contributed by atoms with Crippen LogP contribution in [0.2, 0.25) is 0 Å². The number of hydrazone groups is 1. The molecule has 0 atom stereocenters. The van der Waals surface area contributed by atoms with Gasteiger partial charge >= 0.3 is 0 Å². The van der Waals surface area contributed by atoms with Crippen molar-refractivity contribution in [1.29, 1.82) is 0 Å². The van der Waals surface area contributed by atoms with Crippen molar-refractivity contribution in [1.82, 2.24) is 5.43 Å². The predicted molar refractivity (Wildman–Crippen MR) is 104 cm³/mol. The average molecular weight is 384 g/mol. The van der Waals surface area contributed by atoms with Crippen LogP contribution in [-0.4, -0.2) is 28.1 Å². The number of amides is 2. The maximum absolute atomic E-state index is 12.2. The second-order valence-corrected chi connectivity index (χ2v) is 5.93. The number of phenolic OH excluding ortho intramolecular Hbond substituents is 1. The highest BCUT2D eigenvalue weighted by molar-refractivity contribution is 5.97. The van der Waals surface area contributed by atoms with Crippen molar-refractivity contribution in [3.8, 4) is 5.75 Å². The lowest BCUT2D eigenvalue weighted by Gasteiger charge is -2.06. The van der Waals surface area contributed by atoms with Crippen molar-refractivity contribution in [2.45, 2.75) is 26.2 Å². The molecule has 0 radical (unpaired) electrons. The first-order valence-corrected chi connectivity index (χ1v) is 8.61. The number of benzene rings is 2. The number of aromatic hydroxyl groups is 1. The van der Waals surface area contributed by atoms with E-state index in [2.05, 4.69) is 15.8 Å². The summed E-state index contributed by atoms with van der Waals surface area (Å²) in [6.07, 6.45) is 3.21. The van der Waals surface area contributed by atoms with Crippen molar-refractivity contribution in [2.24, 2.45) is 5.10 Å². The van der Waals surface area contributed by atoms with Gasteiger partial charge in [0.1, 0.15) is 5.75 Å². The van der Waals surface area contributed by atoms with E-state index in [0.29, 0.717) is 12.1 Å². The summed E-state index contributed by atoms with van der Waals surface area (Å²) in [5.74, 6) is -0.871. The van der Waals surface area contributed by atoms with Crippen LogP contribution in [0.4, 0.5) is 11.4 Å². The summed E-state index contributed by atoms with van der Waals surface area (Å²) in [6.45, 7) is 1.99. The SMILES string of the molecule is CCCCC(=O)Nc1cccc(C(=O)N/N=C/c2cc([N+](=O)[O-])ccc2O)c1. The Morgan fingerprint density at radius 1 is 1.25 bits per heavy atom. The molecule has 0 aromatic heterocycles. The molecule has 28 heavy (non-hydrogen) atoms. The topological polar surface area (TPSA) is 134 Å². The summed E-state index contributed by atoms with van der Waals surface area (Å²) in [5, 5.41) is 26.9. The maximum Gasteiger partial charge on any atom is 0.271 e. The first-order chi connectivity index (χ1) is 13.4. The molecule has 0 spiro atoms. The molecule has 0 aliphatic rings. The van der Waals surface area contributed by atoms with E-state index in [-0.39, 0.29) is 28.5 Å². The Kier molecular flexibility index (Phi) is 7.21. The molecule has 3 N–H and O–H groups in total. The van der Waals surface area contributed by atoms with Crippen molar-refractivity contribution >= 4 is 29.4 Å². The number of phenols is 1. The molecule has 9 heteroatoms. The molecule has 0 aliphatic carbocycles. The van der Waals surface area contributed by atoms with Gasteiger partial charge in [-0.15, -0.1) is 0 Å². The Morgan fingerprint density at radius 3 is 2.75 bits per heavy atom. The summed E-state index contributed by atoms with van der Waals surface area (Å²) in [7, 11) is 0. The van der Waals surface area contributed by atoms with Crippen molar-refractivity contribution in [3.05, 3.63) is 63.7 Å². The summed E-state index contributed by atoms with van der Waals surface area (Å²) in [6, 6.07) is 9.83. The third-order valence-electron chi connectivity index (χ3n) is 3.76. The van der Waals surface area contributed by atoms with Gasteiger partial charge < -0.3 is 10.4 Å². The number of nitrogens with zero attached hydrogens (tertiary/aromatic N) is 2. The zero-order valence-corrected chi connectivity index (χ0v) is 15.2. The van der Waals surface area contributed by atoms with Crippen LogP contribution in [0, 0.1) is 10.1 Å². The van der Waals surface area contributed by atoms with E-state index >= 15 is 0 Å². The number of hydrogen-bond acceptors (Lipinski definition) is 6. The van der Waals surface area contributed by atoms with Crippen LogP contribution in [-0.2, 0) is 4.79 Å². The molecule has 2 rings (SSSR count). The van der Waals surface area contributed by atoms with E-state index in [0.717, 1.165) is 31.2 Å². The lowest BCUT2D eigenvalue weighted by Crippen LogP contribution is -2.18. The highest BCUT2D eigenvalue weighted by Gasteiger charge is 2.10. The van der Waals surface area contributed by atoms with Crippen LogP contribution >= 0.6 is 0 Å². The molecule has 2 aromatic rings. The normalized spacial score (nSPS) is 10.6. The van der Waals surface area contributed by atoms with Crippen LogP contribution in [0.5, 0.6) is 5.75 Å². The second-order valence-electron chi connectivity index (χ2n) is 5.93. The number of nitro groups is 1. The average Bonchev–Trinajstić information content (AvgIpc) is 2.67. The van der Waals surface area contributed by atoms with E-state index in [1.54, 1.807) is 18.2 Å².